The predicted molar refractivity (Wildman–Crippen MR) is 83.9 cm³/mol. The van der Waals surface area contributed by atoms with Crippen molar-refractivity contribution in [2.75, 3.05) is 32.7 Å². The first-order valence-electron chi connectivity index (χ1n) is 8.71. The van der Waals surface area contributed by atoms with Crippen molar-refractivity contribution in [3.05, 3.63) is 0 Å². The Morgan fingerprint density at radius 2 is 1.70 bits per heavy atom. The van der Waals surface area contributed by atoms with Crippen LogP contribution in [0, 0.1) is 5.92 Å². The first-order chi connectivity index (χ1) is 9.56. The van der Waals surface area contributed by atoms with Crippen LogP contribution in [-0.2, 0) is 0 Å². The van der Waals surface area contributed by atoms with Crippen molar-refractivity contribution in [3.63, 3.8) is 0 Å². The van der Waals surface area contributed by atoms with Crippen molar-refractivity contribution < 1.29 is 4.39 Å². The second-order valence-electron chi connectivity index (χ2n) is 7.07. The smallest absolute Gasteiger partial charge is 0.126 e. The van der Waals surface area contributed by atoms with Crippen molar-refractivity contribution in [3.8, 4) is 0 Å². The second-order valence-corrected chi connectivity index (χ2v) is 7.07. The van der Waals surface area contributed by atoms with Gasteiger partial charge in [-0.05, 0) is 58.0 Å². The molecule has 2 aliphatic rings. The van der Waals surface area contributed by atoms with E-state index in [0.29, 0.717) is 12.6 Å². The molecule has 2 nitrogen and oxygen atoms in total. The summed E-state index contributed by atoms with van der Waals surface area (Å²) >= 11 is 0. The lowest BCUT2D eigenvalue weighted by Crippen LogP contribution is -2.51. The average molecular weight is 284 g/mol. The molecule has 1 atom stereocenters. The van der Waals surface area contributed by atoms with E-state index in [-0.39, 0.29) is 0 Å². The van der Waals surface area contributed by atoms with Gasteiger partial charge in [0.2, 0.25) is 0 Å². The molecule has 0 aromatic heterocycles. The maximum Gasteiger partial charge on any atom is 0.126 e. The van der Waals surface area contributed by atoms with Gasteiger partial charge in [0, 0.05) is 25.7 Å². The van der Waals surface area contributed by atoms with Crippen molar-refractivity contribution in [1.82, 2.24) is 9.80 Å². The largest absolute Gasteiger partial charge is 0.300 e. The first kappa shape index (κ1) is 16.2. The van der Waals surface area contributed by atoms with Crippen LogP contribution < -0.4 is 0 Å². The van der Waals surface area contributed by atoms with Gasteiger partial charge in [-0.1, -0.05) is 20.3 Å². The molecule has 0 aromatic rings. The maximum atomic E-state index is 15.0. The zero-order valence-corrected chi connectivity index (χ0v) is 13.7. The highest BCUT2D eigenvalue weighted by molar-refractivity contribution is 4.91. The minimum Gasteiger partial charge on any atom is -0.300 e. The summed E-state index contributed by atoms with van der Waals surface area (Å²) in [7, 11) is 0. The summed E-state index contributed by atoms with van der Waals surface area (Å²) in [5, 5.41) is 0. The Kier molecular flexibility index (Phi) is 5.85. The Balaban J connectivity index is 1.76. The van der Waals surface area contributed by atoms with Crippen LogP contribution in [0.15, 0.2) is 0 Å². The molecule has 2 aliphatic heterocycles. The zero-order chi connectivity index (χ0) is 14.6. The van der Waals surface area contributed by atoms with E-state index in [2.05, 4.69) is 30.6 Å². The van der Waals surface area contributed by atoms with E-state index in [9.17, 15) is 0 Å². The molecule has 0 N–H and O–H groups in total. The number of hydrogen-bond acceptors (Lipinski definition) is 2. The predicted octanol–water partition coefficient (Wildman–Crippen LogP) is 3.71. The first-order valence-corrected chi connectivity index (χ1v) is 8.71. The third-order valence-corrected chi connectivity index (χ3v) is 5.70. The van der Waals surface area contributed by atoms with E-state index in [1.54, 1.807) is 0 Å². The fourth-order valence-electron chi connectivity index (χ4n) is 3.74. The van der Waals surface area contributed by atoms with Crippen LogP contribution in [0.1, 0.15) is 59.3 Å². The number of alkyl halides is 1. The topological polar surface area (TPSA) is 6.48 Å². The molecule has 0 aromatic carbocycles. The monoisotopic (exact) mass is 284 g/mol. The van der Waals surface area contributed by atoms with Gasteiger partial charge < -0.3 is 9.80 Å². The standard InChI is InChI=1S/C17H33FN2/c1-4-15(3)20-12-8-17(18,9-13-20)14-19-10-6-16(5-2)7-11-19/h15-16H,4-14H2,1-3H3. The van der Waals surface area contributed by atoms with Crippen LogP contribution >= 0.6 is 0 Å². The minimum absolute atomic E-state index is 0.611. The molecule has 3 heteroatoms. The quantitative estimate of drug-likeness (QED) is 0.759. The van der Waals surface area contributed by atoms with Gasteiger partial charge in [-0.15, -0.1) is 0 Å². The van der Waals surface area contributed by atoms with Crippen LogP contribution in [0.2, 0.25) is 0 Å². The summed E-state index contributed by atoms with van der Waals surface area (Å²) in [4.78, 5) is 4.84. The molecule has 0 amide bonds. The summed E-state index contributed by atoms with van der Waals surface area (Å²) in [6, 6.07) is 0.611. The van der Waals surface area contributed by atoms with E-state index in [1.165, 1.54) is 25.7 Å². The van der Waals surface area contributed by atoms with E-state index in [0.717, 1.165) is 44.9 Å². The Hall–Kier alpha value is -0.150. The normalized spacial score (nSPS) is 27.6. The Labute approximate surface area is 124 Å². The van der Waals surface area contributed by atoms with E-state index in [1.807, 2.05) is 0 Å². The Morgan fingerprint density at radius 3 is 2.20 bits per heavy atom. The van der Waals surface area contributed by atoms with Gasteiger partial charge in [0.1, 0.15) is 5.67 Å². The molecule has 1 unspecified atom stereocenters. The lowest BCUT2D eigenvalue weighted by Gasteiger charge is -2.42. The van der Waals surface area contributed by atoms with Crippen LogP contribution in [0.3, 0.4) is 0 Å². The molecule has 0 bridgehead atoms. The minimum atomic E-state index is -0.928. The van der Waals surface area contributed by atoms with Crippen LogP contribution in [0.25, 0.3) is 0 Å². The zero-order valence-electron chi connectivity index (χ0n) is 13.7. The lowest BCUT2D eigenvalue weighted by atomic mass is 9.89. The summed E-state index contributed by atoms with van der Waals surface area (Å²) in [5.74, 6) is 0.883. The van der Waals surface area contributed by atoms with E-state index >= 15 is 4.39 Å². The SMILES string of the molecule is CCC1CCN(CC2(F)CCN(C(C)CC)CC2)CC1. The molecular weight excluding hydrogens is 251 g/mol. The number of rotatable bonds is 5. The summed E-state index contributed by atoms with van der Waals surface area (Å²) in [5.41, 5.74) is -0.928. The Morgan fingerprint density at radius 1 is 1.10 bits per heavy atom. The molecule has 0 saturated carbocycles. The number of hydrogen-bond donors (Lipinski definition) is 0. The molecule has 2 fully saturated rings. The number of likely N-dealkylation sites (tertiary alicyclic amines) is 2. The van der Waals surface area contributed by atoms with Crippen molar-refractivity contribution >= 4 is 0 Å². The number of piperidine rings is 2. The third kappa shape index (κ3) is 4.17. The fraction of sp³-hybridized carbons (Fsp3) is 1.00. The van der Waals surface area contributed by atoms with Gasteiger partial charge in [0.15, 0.2) is 0 Å². The maximum absolute atomic E-state index is 15.0. The summed E-state index contributed by atoms with van der Waals surface area (Å²) < 4.78 is 15.0. The molecule has 0 aliphatic carbocycles. The van der Waals surface area contributed by atoms with Gasteiger partial charge in [-0.25, -0.2) is 4.39 Å². The average Bonchev–Trinajstić information content (AvgIpc) is 2.48. The number of nitrogens with zero attached hydrogens (tertiary/aromatic N) is 2. The second kappa shape index (κ2) is 7.22. The highest BCUT2D eigenvalue weighted by atomic mass is 19.1. The van der Waals surface area contributed by atoms with Crippen LogP contribution in [-0.4, -0.2) is 54.2 Å². The van der Waals surface area contributed by atoms with Gasteiger partial charge in [-0.2, -0.15) is 0 Å². The highest BCUT2D eigenvalue weighted by Crippen LogP contribution is 2.30. The molecule has 118 valence electrons. The van der Waals surface area contributed by atoms with Crippen LogP contribution in [0.5, 0.6) is 0 Å². The fourth-order valence-corrected chi connectivity index (χ4v) is 3.74. The van der Waals surface area contributed by atoms with Gasteiger partial charge >= 0.3 is 0 Å². The molecular formula is C17H33FN2. The van der Waals surface area contributed by atoms with E-state index < -0.39 is 5.67 Å². The summed E-state index contributed by atoms with van der Waals surface area (Å²) in [6.07, 6.45) is 6.45. The highest BCUT2D eigenvalue weighted by Gasteiger charge is 2.37. The third-order valence-electron chi connectivity index (χ3n) is 5.70. The van der Waals surface area contributed by atoms with Crippen LogP contribution in [0.4, 0.5) is 4.39 Å². The van der Waals surface area contributed by atoms with Gasteiger partial charge in [0.25, 0.3) is 0 Å². The molecule has 20 heavy (non-hydrogen) atoms. The molecule has 2 saturated heterocycles. The van der Waals surface area contributed by atoms with E-state index in [4.69, 9.17) is 0 Å². The number of halogens is 1. The van der Waals surface area contributed by atoms with Crippen molar-refractivity contribution in [2.24, 2.45) is 5.92 Å². The van der Waals surface area contributed by atoms with Crippen molar-refractivity contribution in [2.45, 2.75) is 71.0 Å². The van der Waals surface area contributed by atoms with Crippen molar-refractivity contribution in [1.29, 1.82) is 0 Å². The Bertz CT molecular complexity index is 279. The van der Waals surface area contributed by atoms with Gasteiger partial charge in [0.05, 0.1) is 0 Å². The summed E-state index contributed by atoms with van der Waals surface area (Å²) in [6.45, 7) is 11.5. The molecule has 0 radical (unpaired) electrons. The molecule has 0 spiro atoms. The van der Waals surface area contributed by atoms with Gasteiger partial charge in [-0.3, -0.25) is 0 Å². The molecule has 2 heterocycles. The molecule has 2 rings (SSSR count). The lowest BCUT2D eigenvalue weighted by molar-refractivity contribution is 0.00487.